The van der Waals surface area contributed by atoms with E-state index in [-0.39, 0.29) is 0 Å². The van der Waals surface area contributed by atoms with E-state index >= 15 is 0 Å². The first-order valence-electron chi connectivity index (χ1n) is 4.31. The summed E-state index contributed by atoms with van der Waals surface area (Å²) in [6, 6.07) is 0. The summed E-state index contributed by atoms with van der Waals surface area (Å²) in [6.45, 7) is 4.74. The van der Waals surface area contributed by atoms with Crippen molar-refractivity contribution in [2.24, 2.45) is 17.3 Å². The molecule has 2 aliphatic rings. The normalized spacial score (nSPS) is 43.3. The Hall–Kier alpha value is 0. The Balaban J connectivity index is 1.90. The lowest BCUT2D eigenvalue weighted by molar-refractivity contribution is 0.626. The van der Waals surface area contributed by atoms with Gasteiger partial charge in [0.15, 0.2) is 0 Å². The first-order valence-corrected chi connectivity index (χ1v) is 4.31. The summed E-state index contributed by atoms with van der Waals surface area (Å²) in [7, 11) is 0. The van der Waals surface area contributed by atoms with Gasteiger partial charge in [-0.1, -0.05) is 20.3 Å². The minimum atomic E-state index is 0.927. The van der Waals surface area contributed by atoms with Gasteiger partial charge in [-0.15, -0.1) is 0 Å². The van der Waals surface area contributed by atoms with Crippen LogP contribution in [-0.4, -0.2) is 0 Å². The van der Waals surface area contributed by atoms with Gasteiger partial charge in [0, 0.05) is 0 Å². The molecule has 0 aromatic heterocycles. The molecule has 0 amide bonds. The van der Waals surface area contributed by atoms with E-state index in [0.29, 0.717) is 0 Å². The van der Waals surface area contributed by atoms with Crippen LogP contribution in [-0.2, 0) is 0 Å². The maximum Gasteiger partial charge on any atom is -0.0238 e. The molecule has 0 nitrogen and oxygen atoms in total. The predicted octanol–water partition coefficient (Wildman–Crippen LogP) is 2.83. The zero-order chi connectivity index (χ0) is 6.48. The summed E-state index contributed by atoms with van der Waals surface area (Å²) in [5.74, 6) is 2.24. The Morgan fingerprint density at radius 3 is 2.44 bits per heavy atom. The molecular formula is C9H16. The predicted molar refractivity (Wildman–Crippen MR) is 39.2 cm³/mol. The van der Waals surface area contributed by atoms with Crippen molar-refractivity contribution in [3.8, 4) is 0 Å². The maximum absolute atomic E-state index is 2.44. The van der Waals surface area contributed by atoms with Gasteiger partial charge in [0.2, 0.25) is 0 Å². The van der Waals surface area contributed by atoms with E-state index in [9.17, 15) is 0 Å². The van der Waals surface area contributed by atoms with E-state index < -0.39 is 0 Å². The monoisotopic (exact) mass is 124 g/mol. The van der Waals surface area contributed by atoms with E-state index in [0.717, 1.165) is 17.3 Å². The highest BCUT2D eigenvalue weighted by molar-refractivity contribution is 5.16. The molecule has 2 aliphatic carbocycles. The van der Waals surface area contributed by atoms with Crippen LogP contribution in [0.4, 0.5) is 0 Å². The van der Waals surface area contributed by atoms with Gasteiger partial charge in [0.05, 0.1) is 0 Å². The molecule has 2 fully saturated rings. The molecule has 0 bridgehead atoms. The Kier molecular flexibility index (Phi) is 0.980. The second-order valence-electron chi connectivity index (χ2n) is 3.92. The third-order valence-electron chi connectivity index (χ3n) is 3.57. The quantitative estimate of drug-likeness (QED) is 0.531. The van der Waals surface area contributed by atoms with Gasteiger partial charge in [-0.2, -0.15) is 0 Å². The summed E-state index contributed by atoms with van der Waals surface area (Å²) in [6.07, 6.45) is 6.01. The molecule has 0 N–H and O–H groups in total. The topological polar surface area (TPSA) is 0 Å². The van der Waals surface area contributed by atoms with Crippen LogP contribution in [0.3, 0.4) is 0 Å². The SMILES string of the molecule is CCCC1C(C)C12CC2. The van der Waals surface area contributed by atoms with Crippen molar-refractivity contribution < 1.29 is 0 Å². The highest BCUT2D eigenvalue weighted by Crippen LogP contribution is 2.75. The highest BCUT2D eigenvalue weighted by atomic mass is 14.7. The molecule has 0 radical (unpaired) electrons. The van der Waals surface area contributed by atoms with E-state index in [1.165, 1.54) is 12.8 Å². The fraction of sp³-hybridized carbons (Fsp3) is 1.00. The summed E-state index contributed by atoms with van der Waals surface area (Å²) in [5, 5.41) is 0. The molecule has 2 rings (SSSR count). The molecule has 52 valence electrons. The molecule has 0 aromatic carbocycles. The Morgan fingerprint density at radius 1 is 1.44 bits per heavy atom. The molecule has 0 heterocycles. The van der Waals surface area contributed by atoms with Crippen molar-refractivity contribution >= 4 is 0 Å². The molecule has 1 spiro atoms. The maximum atomic E-state index is 2.44. The smallest absolute Gasteiger partial charge is 0.0238 e. The molecule has 2 saturated carbocycles. The number of hydrogen-bond acceptors (Lipinski definition) is 0. The van der Waals surface area contributed by atoms with Gasteiger partial charge in [-0.3, -0.25) is 0 Å². The van der Waals surface area contributed by atoms with Crippen molar-refractivity contribution in [1.29, 1.82) is 0 Å². The van der Waals surface area contributed by atoms with E-state index in [1.807, 2.05) is 0 Å². The molecule has 2 unspecified atom stereocenters. The second kappa shape index (κ2) is 1.53. The van der Waals surface area contributed by atoms with Crippen LogP contribution >= 0.6 is 0 Å². The summed E-state index contributed by atoms with van der Waals surface area (Å²) >= 11 is 0. The van der Waals surface area contributed by atoms with Crippen molar-refractivity contribution in [3.63, 3.8) is 0 Å². The minimum Gasteiger partial charge on any atom is -0.0654 e. The van der Waals surface area contributed by atoms with Crippen LogP contribution in [0, 0.1) is 17.3 Å². The van der Waals surface area contributed by atoms with Crippen molar-refractivity contribution in [2.75, 3.05) is 0 Å². The van der Waals surface area contributed by atoms with Gasteiger partial charge in [-0.05, 0) is 36.5 Å². The largest absolute Gasteiger partial charge is 0.0654 e. The fourth-order valence-corrected chi connectivity index (χ4v) is 2.62. The minimum absolute atomic E-state index is 0.927. The summed E-state index contributed by atoms with van der Waals surface area (Å²) in [4.78, 5) is 0. The van der Waals surface area contributed by atoms with Crippen LogP contribution < -0.4 is 0 Å². The van der Waals surface area contributed by atoms with Crippen LogP contribution in [0.25, 0.3) is 0 Å². The third kappa shape index (κ3) is 0.595. The lowest BCUT2D eigenvalue weighted by atomic mass is 10.2. The van der Waals surface area contributed by atoms with Crippen molar-refractivity contribution in [2.45, 2.75) is 39.5 Å². The highest BCUT2D eigenvalue weighted by Gasteiger charge is 2.68. The van der Waals surface area contributed by atoms with E-state index in [1.54, 1.807) is 12.8 Å². The molecular weight excluding hydrogens is 108 g/mol. The molecule has 2 atom stereocenters. The first kappa shape index (κ1) is 5.76. The van der Waals surface area contributed by atoms with Crippen LogP contribution in [0.1, 0.15) is 39.5 Å². The average molecular weight is 124 g/mol. The van der Waals surface area contributed by atoms with Crippen LogP contribution in [0.2, 0.25) is 0 Å². The molecule has 0 heteroatoms. The van der Waals surface area contributed by atoms with Gasteiger partial charge in [0.1, 0.15) is 0 Å². The Labute approximate surface area is 57.6 Å². The van der Waals surface area contributed by atoms with Gasteiger partial charge >= 0.3 is 0 Å². The van der Waals surface area contributed by atoms with Crippen molar-refractivity contribution in [1.82, 2.24) is 0 Å². The Bertz CT molecular complexity index is 122. The Morgan fingerprint density at radius 2 is 2.11 bits per heavy atom. The molecule has 0 saturated heterocycles. The molecule has 9 heavy (non-hydrogen) atoms. The average Bonchev–Trinajstić information content (AvgIpc) is 2.68. The van der Waals surface area contributed by atoms with Gasteiger partial charge in [0.25, 0.3) is 0 Å². The van der Waals surface area contributed by atoms with Crippen LogP contribution in [0.5, 0.6) is 0 Å². The lowest BCUT2D eigenvalue weighted by Gasteiger charge is -1.89. The first-order chi connectivity index (χ1) is 4.31. The van der Waals surface area contributed by atoms with Gasteiger partial charge < -0.3 is 0 Å². The third-order valence-corrected chi connectivity index (χ3v) is 3.57. The summed E-state index contributed by atoms with van der Waals surface area (Å²) < 4.78 is 0. The second-order valence-corrected chi connectivity index (χ2v) is 3.92. The van der Waals surface area contributed by atoms with Crippen LogP contribution in [0.15, 0.2) is 0 Å². The van der Waals surface area contributed by atoms with Crippen molar-refractivity contribution in [3.05, 3.63) is 0 Å². The standard InChI is InChI=1S/C9H16/c1-3-4-8-7(2)9(8)5-6-9/h7-8H,3-6H2,1-2H3. The fourth-order valence-electron chi connectivity index (χ4n) is 2.62. The zero-order valence-electron chi connectivity index (χ0n) is 6.48. The van der Waals surface area contributed by atoms with E-state index in [2.05, 4.69) is 13.8 Å². The molecule has 0 aliphatic heterocycles. The number of rotatable bonds is 2. The lowest BCUT2D eigenvalue weighted by Crippen LogP contribution is -1.77. The molecule has 0 aromatic rings. The van der Waals surface area contributed by atoms with Gasteiger partial charge in [-0.25, -0.2) is 0 Å². The van der Waals surface area contributed by atoms with E-state index in [4.69, 9.17) is 0 Å². The summed E-state index contributed by atoms with van der Waals surface area (Å²) in [5.41, 5.74) is 0.927. The zero-order valence-corrected chi connectivity index (χ0v) is 6.48. The number of hydrogen-bond donors (Lipinski definition) is 0.